The third kappa shape index (κ3) is 3.66. The van der Waals surface area contributed by atoms with Gasteiger partial charge < -0.3 is 10.6 Å². The van der Waals surface area contributed by atoms with E-state index >= 15 is 0 Å². The first-order valence-electron chi connectivity index (χ1n) is 5.67. The summed E-state index contributed by atoms with van der Waals surface area (Å²) in [6.45, 7) is 6.00. The lowest BCUT2D eigenvalue weighted by Crippen LogP contribution is -2.34. The largest absolute Gasteiger partial charge is 0.398 e. The summed E-state index contributed by atoms with van der Waals surface area (Å²) >= 11 is 1.54. The summed E-state index contributed by atoms with van der Waals surface area (Å²) in [5.74, 6) is 0.603. The highest BCUT2D eigenvalue weighted by Crippen LogP contribution is 2.26. The maximum absolute atomic E-state index is 11.8. The molecule has 0 aliphatic heterocycles. The van der Waals surface area contributed by atoms with Gasteiger partial charge in [-0.2, -0.15) is 0 Å². The Hall–Kier alpha value is -1.16. The van der Waals surface area contributed by atoms with Crippen molar-refractivity contribution in [3.05, 3.63) is 23.8 Å². The molecule has 0 atom stereocenters. The molecule has 1 aromatic rings. The van der Waals surface area contributed by atoms with Crippen LogP contribution in [0.3, 0.4) is 0 Å². The summed E-state index contributed by atoms with van der Waals surface area (Å²) in [7, 11) is 1.83. The molecule has 0 unspecified atom stereocenters. The number of carbonyl (C=O) groups excluding carboxylic acids is 1. The lowest BCUT2D eigenvalue weighted by Gasteiger charge is -2.21. The molecule has 0 aliphatic carbocycles. The lowest BCUT2D eigenvalue weighted by atomic mass is 10.2. The third-order valence-corrected chi connectivity index (χ3v) is 3.99. The molecule has 17 heavy (non-hydrogen) atoms. The van der Waals surface area contributed by atoms with Crippen LogP contribution in [0.2, 0.25) is 0 Å². The van der Waals surface area contributed by atoms with E-state index < -0.39 is 0 Å². The first kappa shape index (κ1) is 13.9. The van der Waals surface area contributed by atoms with Crippen LogP contribution in [0.1, 0.15) is 19.4 Å². The number of hydrogen-bond acceptors (Lipinski definition) is 3. The fourth-order valence-corrected chi connectivity index (χ4v) is 2.31. The van der Waals surface area contributed by atoms with Gasteiger partial charge in [0.1, 0.15) is 0 Å². The molecule has 0 aromatic heterocycles. The highest BCUT2D eigenvalue weighted by Gasteiger charge is 2.12. The van der Waals surface area contributed by atoms with Crippen molar-refractivity contribution in [2.24, 2.45) is 0 Å². The molecular formula is C13H20N2OS. The van der Waals surface area contributed by atoms with Gasteiger partial charge in [0, 0.05) is 23.7 Å². The molecule has 1 rings (SSSR count). The Kier molecular flexibility index (Phi) is 4.87. The predicted octanol–water partition coefficient (Wildman–Crippen LogP) is 2.54. The van der Waals surface area contributed by atoms with E-state index in [1.54, 1.807) is 16.7 Å². The second kappa shape index (κ2) is 5.96. The van der Waals surface area contributed by atoms with Gasteiger partial charge in [-0.15, -0.1) is 11.8 Å². The molecule has 1 aromatic carbocycles. The quantitative estimate of drug-likeness (QED) is 0.661. The Morgan fingerprint density at radius 1 is 1.47 bits per heavy atom. The van der Waals surface area contributed by atoms with Crippen LogP contribution in [0.4, 0.5) is 5.69 Å². The van der Waals surface area contributed by atoms with E-state index in [4.69, 9.17) is 5.73 Å². The molecule has 0 saturated heterocycles. The van der Waals surface area contributed by atoms with E-state index in [1.807, 2.05) is 46.0 Å². The van der Waals surface area contributed by atoms with Crippen LogP contribution < -0.4 is 5.73 Å². The zero-order chi connectivity index (χ0) is 13.0. The van der Waals surface area contributed by atoms with E-state index in [-0.39, 0.29) is 11.9 Å². The van der Waals surface area contributed by atoms with Crippen molar-refractivity contribution in [3.8, 4) is 0 Å². The standard InChI is InChI=1S/C13H20N2OS/c1-9(2)15(4)13(16)8-17-12-7-5-6-11(14)10(12)3/h5-7,9H,8,14H2,1-4H3. The Balaban J connectivity index is 2.62. The fourth-order valence-electron chi connectivity index (χ4n) is 1.32. The van der Waals surface area contributed by atoms with Gasteiger partial charge in [-0.1, -0.05) is 6.07 Å². The van der Waals surface area contributed by atoms with Crippen LogP contribution in [0.25, 0.3) is 0 Å². The maximum atomic E-state index is 11.8. The van der Waals surface area contributed by atoms with E-state index in [1.165, 1.54) is 0 Å². The molecule has 0 spiro atoms. The van der Waals surface area contributed by atoms with Crippen LogP contribution in [0.5, 0.6) is 0 Å². The Morgan fingerprint density at radius 3 is 2.71 bits per heavy atom. The second-order valence-corrected chi connectivity index (χ2v) is 5.37. The number of carbonyl (C=O) groups is 1. The maximum Gasteiger partial charge on any atom is 0.232 e. The summed E-state index contributed by atoms with van der Waals surface area (Å²) in [6.07, 6.45) is 0. The van der Waals surface area contributed by atoms with Crippen LogP contribution in [-0.2, 0) is 4.79 Å². The Morgan fingerprint density at radius 2 is 2.12 bits per heavy atom. The van der Waals surface area contributed by atoms with Gasteiger partial charge in [-0.3, -0.25) is 4.79 Å². The highest BCUT2D eigenvalue weighted by molar-refractivity contribution is 8.00. The van der Waals surface area contributed by atoms with Gasteiger partial charge >= 0.3 is 0 Å². The molecular weight excluding hydrogens is 232 g/mol. The number of benzene rings is 1. The van der Waals surface area contributed by atoms with Gasteiger partial charge in [-0.05, 0) is 38.5 Å². The molecule has 0 bridgehead atoms. The third-order valence-electron chi connectivity index (χ3n) is 2.85. The van der Waals surface area contributed by atoms with E-state index in [0.717, 1.165) is 16.1 Å². The topological polar surface area (TPSA) is 46.3 Å². The summed E-state index contributed by atoms with van der Waals surface area (Å²) in [4.78, 5) is 14.7. The van der Waals surface area contributed by atoms with Crippen molar-refractivity contribution in [2.75, 3.05) is 18.5 Å². The van der Waals surface area contributed by atoms with Gasteiger partial charge in [0.25, 0.3) is 0 Å². The predicted molar refractivity (Wildman–Crippen MR) is 74.2 cm³/mol. The van der Waals surface area contributed by atoms with Gasteiger partial charge in [-0.25, -0.2) is 0 Å². The molecule has 3 nitrogen and oxygen atoms in total. The summed E-state index contributed by atoms with van der Waals surface area (Å²) in [5.41, 5.74) is 7.66. The summed E-state index contributed by atoms with van der Waals surface area (Å²) in [5, 5.41) is 0. The molecule has 0 radical (unpaired) electrons. The number of nitrogens with two attached hydrogens (primary N) is 1. The van der Waals surface area contributed by atoms with E-state index in [2.05, 4.69) is 0 Å². The Labute approximate surface area is 107 Å². The minimum absolute atomic E-state index is 0.145. The smallest absolute Gasteiger partial charge is 0.232 e. The van der Waals surface area contributed by atoms with Crippen molar-refractivity contribution in [3.63, 3.8) is 0 Å². The number of amides is 1. The number of hydrogen-bond donors (Lipinski definition) is 1. The summed E-state index contributed by atoms with van der Waals surface area (Å²) < 4.78 is 0. The van der Waals surface area contributed by atoms with Crippen molar-refractivity contribution in [1.29, 1.82) is 0 Å². The minimum Gasteiger partial charge on any atom is -0.398 e. The minimum atomic E-state index is 0.145. The van der Waals surface area contributed by atoms with Crippen molar-refractivity contribution >= 4 is 23.4 Å². The van der Waals surface area contributed by atoms with Crippen LogP contribution in [0, 0.1) is 6.92 Å². The van der Waals surface area contributed by atoms with Crippen LogP contribution in [-0.4, -0.2) is 29.6 Å². The monoisotopic (exact) mass is 252 g/mol. The number of anilines is 1. The molecule has 0 aliphatic rings. The van der Waals surface area contributed by atoms with Gasteiger partial charge in [0.15, 0.2) is 0 Å². The molecule has 0 fully saturated rings. The van der Waals surface area contributed by atoms with E-state index in [9.17, 15) is 4.79 Å². The first-order valence-corrected chi connectivity index (χ1v) is 6.65. The molecule has 0 heterocycles. The average Bonchev–Trinajstić information content (AvgIpc) is 2.29. The zero-order valence-corrected chi connectivity index (χ0v) is 11.7. The number of nitrogens with zero attached hydrogens (tertiary/aromatic N) is 1. The van der Waals surface area contributed by atoms with Crippen molar-refractivity contribution in [1.82, 2.24) is 4.90 Å². The first-order chi connectivity index (χ1) is 7.93. The molecule has 1 amide bonds. The van der Waals surface area contributed by atoms with Crippen LogP contribution >= 0.6 is 11.8 Å². The zero-order valence-electron chi connectivity index (χ0n) is 10.9. The second-order valence-electron chi connectivity index (χ2n) is 4.36. The van der Waals surface area contributed by atoms with Crippen molar-refractivity contribution in [2.45, 2.75) is 31.7 Å². The highest BCUT2D eigenvalue weighted by atomic mass is 32.2. The normalized spacial score (nSPS) is 10.6. The van der Waals surface area contributed by atoms with Gasteiger partial charge in [0.05, 0.1) is 5.75 Å². The van der Waals surface area contributed by atoms with Gasteiger partial charge in [0.2, 0.25) is 5.91 Å². The van der Waals surface area contributed by atoms with Crippen molar-refractivity contribution < 1.29 is 4.79 Å². The van der Waals surface area contributed by atoms with Crippen LogP contribution in [0.15, 0.2) is 23.1 Å². The number of thioether (sulfide) groups is 1. The lowest BCUT2D eigenvalue weighted by molar-refractivity contribution is -0.128. The molecule has 0 saturated carbocycles. The fraction of sp³-hybridized carbons (Fsp3) is 0.462. The molecule has 94 valence electrons. The molecule has 2 N–H and O–H groups in total. The van der Waals surface area contributed by atoms with E-state index in [0.29, 0.717) is 5.75 Å². The number of rotatable bonds is 4. The average molecular weight is 252 g/mol. The Bertz CT molecular complexity index is 404. The number of nitrogen functional groups attached to an aromatic ring is 1. The molecule has 4 heteroatoms. The SMILES string of the molecule is Cc1c(N)cccc1SCC(=O)N(C)C(C)C. The summed E-state index contributed by atoms with van der Waals surface area (Å²) in [6, 6.07) is 6.03.